The molecule has 0 bridgehead atoms. The first-order valence-electron chi connectivity index (χ1n) is 5.75. The molecule has 1 rings (SSSR count). The lowest BCUT2D eigenvalue weighted by atomic mass is 9.98. The van der Waals surface area contributed by atoms with Crippen LogP contribution >= 0.6 is 0 Å². The van der Waals surface area contributed by atoms with Crippen LogP contribution in [0.3, 0.4) is 0 Å². The van der Waals surface area contributed by atoms with E-state index in [-0.39, 0.29) is 0 Å². The van der Waals surface area contributed by atoms with Gasteiger partial charge in [-0.1, -0.05) is 13.0 Å². The van der Waals surface area contributed by atoms with Gasteiger partial charge in [-0.25, -0.2) is 4.79 Å². The van der Waals surface area contributed by atoms with Gasteiger partial charge in [0, 0.05) is 6.08 Å². The van der Waals surface area contributed by atoms with Crippen molar-refractivity contribution in [2.24, 2.45) is 0 Å². The van der Waals surface area contributed by atoms with Crippen molar-refractivity contribution >= 4 is 11.5 Å². The molecule has 0 aliphatic heterocycles. The van der Waals surface area contributed by atoms with E-state index >= 15 is 0 Å². The summed E-state index contributed by atoms with van der Waals surface area (Å²) < 4.78 is 5.43. The first-order chi connectivity index (χ1) is 8.08. The topological polar surface area (TPSA) is 46.5 Å². The predicted molar refractivity (Wildman–Crippen MR) is 68.3 cm³/mol. The Labute approximate surface area is 102 Å². The van der Waals surface area contributed by atoms with Crippen molar-refractivity contribution in [1.82, 2.24) is 0 Å². The highest BCUT2D eigenvalue weighted by Gasteiger charge is 2.06. The minimum atomic E-state index is -0.918. The summed E-state index contributed by atoms with van der Waals surface area (Å²) in [5.74, 6) is -0.0883. The molecule has 3 heteroatoms. The van der Waals surface area contributed by atoms with E-state index in [1.54, 1.807) is 0 Å². The van der Waals surface area contributed by atoms with Crippen LogP contribution in [0, 0.1) is 0 Å². The molecular formula is C14H18O3. The highest BCUT2D eigenvalue weighted by Crippen LogP contribution is 2.24. The van der Waals surface area contributed by atoms with Crippen LogP contribution in [0.4, 0.5) is 0 Å². The summed E-state index contributed by atoms with van der Waals surface area (Å²) in [4.78, 5) is 10.7. The molecule has 17 heavy (non-hydrogen) atoms. The average Bonchev–Trinajstić information content (AvgIpc) is 2.28. The zero-order valence-corrected chi connectivity index (χ0v) is 10.5. The van der Waals surface area contributed by atoms with Gasteiger partial charge in [-0.15, -0.1) is 0 Å². The summed E-state index contributed by atoms with van der Waals surface area (Å²) in [6, 6.07) is 5.76. The smallest absolute Gasteiger partial charge is 0.328 e. The molecule has 1 N–H and O–H groups in total. The fraction of sp³-hybridized carbons (Fsp3) is 0.357. The van der Waals surface area contributed by atoms with Gasteiger partial charge < -0.3 is 9.84 Å². The quantitative estimate of drug-likeness (QED) is 0.796. The third-order valence-corrected chi connectivity index (χ3v) is 2.53. The first kappa shape index (κ1) is 13.3. The lowest BCUT2D eigenvalue weighted by Crippen LogP contribution is -1.97. The van der Waals surface area contributed by atoms with E-state index in [1.165, 1.54) is 6.08 Å². The molecule has 3 nitrogen and oxygen atoms in total. The van der Waals surface area contributed by atoms with Crippen molar-refractivity contribution in [3.63, 3.8) is 0 Å². The molecule has 0 amide bonds. The summed E-state index contributed by atoms with van der Waals surface area (Å²) in [6.45, 7) is 6.42. The minimum absolute atomic E-state index is 0.631. The maximum absolute atomic E-state index is 10.7. The molecule has 0 aromatic heterocycles. The summed E-state index contributed by atoms with van der Waals surface area (Å²) in [7, 11) is 0. The summed E-state index contributed by atoms with van der Waals surface area (Å²) in [5.41, 5.74) is 2.83. The highest BCUT2D eigenvalue weighted by atomic mass is 16.5. The van der Waals surface area contributed by atoms with Gasteiger partial charge in [0.25, 0.3) is 0 Å². The Kier molecular flexibility index (Phi) is 4.76. The normalized spacial score (nSPS) is 11.4. The average molecular weight is 234 g/mol. The van der Waals surface area contributed by atoms with E-state index < -0.39 is 5.97 Å². The zero-order valence-electron chi connectivity index (χ0n) is 10.5. The maximum atomic E-state index is 10.7. The van der Waals surface area contributed by atoms with E-state index in [0.717, 1.165) is 28.9 Å². The van der Waals surface area contributed by atoms with Gasteiger partial charge in [0.2, 0.25) is 0 Å². The summed E-state index contributed by atoms with van der Waals surface area (Å²) >= 11 is 0. The van der Waals surface area contributed by atoms with Crippen molar-refractivity contribution < 1.29 is 14.6 Å². The van der Waals surface area contributed by atoms with Gasteiger partial charge in [0.05, 0.1) is 6.61 Å². The Morgan fingerprint density at radius 1 is 1.41 bits per heavy atom. The molecule has 0 aliphatic rings. The zero-order chi connectivity index (χ0) is 12.8. The molecule has 0 unspecified atom stereocenters. The second-order valence-electron chi connectivity index (χ2n) is 3.77. The Hall–Kier alpha value is -1.77. The third-order valence-electron chi connectivity index (χ3n) is 2.53. The van der Waals surface area contributed by atoms with E-state index in [2.05, 4.69) is 0 Å². The standard InChI is InChI=1S/C14H18O3/c1-4-11-9-12(17-5-2)6-7-13(11)10(3)8-14(15)16/h6-9H,4-5H2,1-3H3,(H,15,16)/b10-8+. The number of carbonyl (C=O) groups is 1. The third kappa shape index (κ3) is 3.63. The van der Waals surface area contributed by atoms with E-state index in [0.29, 0.717) is 6.61 Å². The predicted octanol–water partition coefficient (Wildman–Crippen LogP) is 3.14. The van der Waals surface area contributed by atoms with E-state index in [9.17, 15) is 4.79 Å². The van der Waals surface area contributed by atoms with Crippen LogP contribution in [0.2, 0.25) is 0 Å². The number of rotatable bonds is 5. The lowest BCUT2D eigenvalue weighted by Gasteiger charge is -2.11. The number of hydrogen-bond donors (Lipinski definition) is 1. The second kappa shape index (κ2) is 6.09. The Balaban J connectivity index is 3.12. The van der Waals surface area contributed by atoms with Crippen LogP contribution in [0.5, 0.6) is 5.75 Å². The molecular weight excluding hydrogens is 216 g/mol. The monoisotopic (exact) mass is 234 g/mol. The van der Waals surface area contributed by atoms with Crippen LogP contribution in [-0.4, -0.2) is 17.7 Å². The Morgan fingerprint density at radius 3 is 2.65 bits per heavy atom. The molecule has 0 saturated heterocycles. The fourth-order valence-electron chi connectivity index (χ4n) is 1.77. The largest absolute Gasteiger partial charge is 0.494 e. The number of carboxylic acids is 1. The van der Waals surface area contributed by atoms with Gasteiger partial charge in [0.15, 0.2) is 0 Å². The first-order valence-corrected chi connectivity index (χ1v) is 5.75. The molecule has 0 heterocycles. The van der Waals surface area contributed by atoms with E-state index in [4.69, 9.17) is 9.84 Å². The van der Waals surface area contributed by atoms with E-state index in [1.807, 2.05) is 39.0 Å². The number of benzene rings is 1. The molecule has 0 saturated carbocycles. The van der Waals surface area contributed by atoms with Crippen molar-refractivity contribution in [3.05, 3.63) is 35.4 Å². The maximum Gasteiger partial charge on any atom is 0.328 e. The van der Waals surface area contributed by atoms with Crippen molar-refractivity contribution in [2.45, 2.75) is 27.2 Å². The lowest BCUT2D eigenvalue weighted by molar-refractivity contribution is -0.131. The molecule has 1 aromatic rings. The number of ether oxygens (including phenoxy) is 1. The SMILES string of the molecule is CCOc1ccc(/C(C)=C/C(=O)O)c(CC)c1. The van der Waals surface area contributed by atoms with Crippen molar-refractivity contribution in [3.8, 4) is 5.75 Å². The molecule has 92 valence electrons. The molecule has 0 spiro atoms. The van der Waals surface area contributed by atoms with Gasteiger partial charge in [-0.2, -0.15) is 0 Å². The molecule has 0 atom stereocenters. The van der Waals surface area contributed by atoms with Crippen molar-refractivity contribution in [1.29, 1.82) is 0 Å². The summed E-state index contributed by atoms with van der Waals surface area (Å²) in [6.07, 6.45) is 2.08. The minimum Gasteiger partial charge on any atom is -0.494 e. The Bertz CT molecular complexity index is 433. The number of carboxylic acid groups (broad SMARTS) is 1. The van der Waals surface area contributed by atoms with Gasteiger partial charge >= 0.3 is 5.97 Å². The van der Waals surface area contributed by atoms with Gasteiger partial charge in [-0.05, 0) is 49.1 Å². The number of allylic oxidation sites excluding steroid dienone is 1. The van der Waals surface area contributed by atoms with Crippen LogP contribution < -0.4 is 4.74 Å². The van der Waals surface area contributed by atoms with Crippen LogP contribution in [0.15, 0.2) is 24.3 Å². The van der Waals surface area contributed by atoms with Gasteiger partial charge in [0.1, 0.15) is 5.75 Å². The highest BCUT2D eigenvalue weighted by molar-refractivity contribution is 5.90. The van der Waals surface area contributed by atoms with Gasteiger partial charge in [-0.3, -0.25) is 0 Å². The number of aryl methyl sites for hydroxylation is 1. The molecule has 0 aliphatic carbocycles. The second-order valence-corrected chi connectivity index (χ2v) is 3.77. The summed E-state index contributed by atoms with van der Waals surface area (Å²) in [5, 5.41) is 8.75. The molecule has 0 radical (unpaired) electrons. The fourth-order valence-corrected chi connectivity index (χ4v) is 1.77. The molecule has 1 aromatic carbocycles. The Morgan fingerprint density at radius 2 is 2.12 bits per heavy atom. The van der Waals surface area contributed by atoms with Crippen LogP contribution in [0.25, 0.3) is 5.57 Å². The van der Waals surface area contributed by atoms with Crippen molar-refractivity contribution in [2.75, 3.05) is 6.61 Å². The number of aliphatic carboxylic acids is 1. The van der Waals surface area contributed by atoms with Crippen LogP contribution in [-0.2, 0) is 11.2 Å². The molecule has 0 fully saturated rings. The van der Waals surface area contributed by atoms with Crippen LogP contribution in [0.1, 0.15) is 31.9 Å². The number of hydrogen-bond acceptors (Lipinski definition) is 2.